The number of hydrogen-bond donors (Lipinski definition) is 3. The quantitative estimate of drug-likeness (QED) is 0.324. The lowest BCUT2D eigenvalue weighted by molar-refractivity contribution is 0.00197. The molecule has 1 aromatic carbocycles. The molecule has 4 N–H and O–H groups in total. The molecule has 0 spiro atoms. The fourth-order valence-corrected chi connectivity index (χ4v) is 4.78. The van der Waals surface area contributed by atoms with Crippen molar-refractivity contribution in [3.63, 3.8) is 0 Å². The predicted octanol–water partition coefficient (Wildman–Crippen LogP) is 3.94. The molecule has 1 heterocycles. The number of pyridine rings is 1. The molecule has 0 aliphatic heterocycles. The van der Waals surface area contributed by atoms with Crippen LogP contribution in [0.1, 0.15) is 43.5 Å². The Labute approximate surface area is 208 Å². The highest BCUT2D eigenvalue weighted by Crippen LogP contribution is 2.58. The van der Waals surface area contributed by atoms with Gasteiger partial charge in [0.1, 0.15) is 17.1 Å². The molecular formula is C26H38N6O3. The number of carbonyl (C=O) groups excluding carboxylic acids is 1. The number of nitrogens with zero attached hydrogens (tertiary/aromatic N) is 3. The topological polar surface area (TPSA) is 105 Å². The highest BCUT2D eigenvalue weighted by molar-refractivity contribution is 5.96. The van der Waals surface area contributed by atoms with Gasteiger partial charge in [0.25, 0.3) is 0 Å². The maximum absolute atomic E-state index is 12.7. The summed E-state index contributed by atoms with van der Waals surface area (Å²) in [6, 6.07) is 5.66. The number of nitrogens with one attached hydrogen (secondary N) is 2. The minimum absolute atomic E-state index is 0.0943. The van der Waals surface area contributed by atoms with Gasteiger partial charge in [0.05, 0.1) is 36.0 Å². The van der Waals surface area contributed by atoms with E-state index in [1.165, 1.54) is 0 Å². The number of rotatable bonds is 11. The maximum Gasteiger partial charge on any atom is 0.342 e. The zero-order valence-corrected chi connectivity index (χ0v) is 21.6. The van der Waals surface area contributed by atoms with Crippen molar-refractivity contribution in [1.82, 2.24) is 9.88 Å². The number of ether oxygens (including phenoxy) is 2. The lowest BCUT2D eigenvalue weighted by Gasteiger charge is -2.62. The molecule has 9 nitrogen and oxygen atoms in total. The molecule has 35 heavy (non-hydrogen) atoms. The first kappa shape index (κ1) is 24.9. The van der Waals surface area contributed by atoms with Gasteiger partial charge >= 0.3 is 5.97 Å². The summed E-state index contributed by atoms with van der Waals surface area (Å²) in [5.74, 6) is 1.69. The number of carbonyl (C=O) groups is 1. The molecule has 3 saturated carbocycles. The molecular weight excluding hydrogens is 444 g/mol. The smallest absolute Gasteiger partial charge is 0.342 e. The van der Waals surface area contributed by atoms with Gasteiger partial charge < -0.3 is 35.6 Å². The third-order valence-electron chi connectivity index (χ3n) is 6.81. The zero-order valence-electron chi connectivity index (χ0n) is 21.6. The van der Waals surface area contributed by atoms with Crippen LogP contribution < -0.4 is 26.0 Å². The second-order valence-electron chi connectivity index (χ2n) is 10.4. The van der Waals surface area contributed by atoms with E-state index in [0.717, 1.165) is 49.6 Å². The average molecular weight is 483 g/mol. The molecule has 3 aliphatic rings. The van der Waals surface area contributed by atoms with Crippen molar-refractivity contribution < 1.29 is 14.3 Å². The van der Waals surface area contributed by atoms with E-state index >= 15 is 0 Å². The van der Waals surface area contributed by atoms with Gasteiger partial charge in [-0.1, -0.05) is 0 Å². The fourth-order valence-electron chi connectivity index (χ4n) is 4.78. The number of hydrogen-bond acceptors (Lipinski definition) is 9. The molecule has 0 radical (unpaired) electrons. The number of likely N-dealkylation sites (N-methyl/N-ethyl adjacent to an activating group) is 2. The molecule has 0 amide bonds. The van der Waals surface area contributed by atoms with Crippen LogP contribution in [0.4, 0.5) is 28.6 Å². The first-order valence-corrected chi connectivity index (χ1v) is 12.2. The molecule has 0 unspecified atom stereocenters. The van der Waals surface area contributed by atoms with E-state index in [1.807, 2.05) is 53.2 Å². The predicted molar refractivity (Wildman–Crippen MR) is 141 cm³/mol. The summed E-state index contributed by atoms with van der Waals surface area (Å²) >= 11 is 0. The normalized spacial score (nSPS) is 20.2. The minimum Gasteiger partial charge on any atom is -0.494 e. The maximum atomic E-state index is 12.7. The third kappa shape index (κ3) is 5.40. The van der Waals surface area contributed by atoms with Crippen molar-refractivity contribution in [2.24, 2.45) is 5.92 Å². The van der Waals surface area contributed by atoms with Gasteiger partial charge in [0.2, 0.25) is 0 Å². The summed E-state index contributed by atoms with van der Waals surface area (Å²) in [6.07, 6.45) is 4.79. The van der Waals surface area contributed by atoms with Gasteiger partial charge in [-0.05, 0) is 59.2 Å². The molecule has 2 bridgehead atoms. The Morgan fingerprint density at radius 1 is 1.17 bits per heavy atom. The number of methoxy groups -OCH3 is 1. The average Bonchev–Trinajstić information content (AvgIpc) is 2.73. The lowest BCUT2D eigenvalue weighted by atomic mass is 9.50. The third-order valence-corrected chi connectivity index (χ3v) is 6.81. The van der Waals surface area contributed by atoms with Gasteiger partial charge in [-0.3, -0.25) is 0 Å². The first-order valence-electron chi connectivity index (χ1n) is 12.2. The molecule has 5 rings (SSSR count). The highest BCUT2D eigenvalue weighted by atomic mass is 16.5. The number of benzene rings is 1. The van der Waals surface area contributed by atoms with Crippen LogP contribution in [0.3, 0.4) is 0 Å². The van der Waals surface area contributed by atoms with Gasteiger partial charge in [-0.25, -0.2) is 9.78 Å². The number of aromatic nitrogens is 1. The molecule has 190 valence electrons. The summed E-state index contributed by atoms with van der Waals surface area (Å²) in [5.41, 5.74) is 9.93. The number of nitrogens with two attached hydrogens (primary N) is 1. The van der Waals surface area contributed by atoms with Gasteiger partial charge in [-0.2, -0.15) is 0 Å². The Hall–Kier alpha value is -3.20. The molecule has 3 fully saturated rings. The van der Waals surface area contributed by atoms with E-state index in [0.29, 0.717) is 28.5 Å². The van der Waals surface area contributed by atoms with E-state index in [9.17, 15) is 4.79 Å². The van der Waals surface area contributed by atoms with Crippen LogP contribution >= 0.6 is 0 Å². The van der Waals surface area contributed by atoms with E-state index in [4.69, 9.17) is 15.2 Å². The Morgan fingerprint density at radius 2 is 1.89 bits per heavy atom. The van der Waals surface area contributed by atoms with Crippen LogP contribution in [0, 0.1) is 5.92 Å². The fraction of sp³-hybridized carbons (Fsp3) is 0.538. The number of anilines is 5. The lowest BCUT2D eigenvalue weighted by Crippen LogP contribution is -2.63. The van der Waals surface area contributed by atoms with Crippen molar-refractivity contribution in [3.8, 4) is 5.75 Å². The second kappa shape index (κ2) is 9.81. The van der Waals surface area contributed by atoms with Gasteiger partial charge in [-0.15, -0.1) is 0 Å². The van der Waals surface area contributed by atoms with Gasteiger partial charge in [0.15, 0.2) is 0 Å². The summed E-state index contributed by atoms with van der Waals surface area (Å²) in [6.45, 7) is 5.42. The van der Waals surface area contributed by atoms with Gasteiger partial charge in [0, 0.05) is 44.0 Å². The van der Waals surface area contributed by atoms with Crippen LogP contribution in [0.25, 0.3) is 0 Å². The van der Waals surface area contributed by atoms with Crippen LogP contribution in [-0.2, 0) is 4.74 Å². The molecule has 3 aliphatic carbocycles. The van der Waals surface area contributed by atoms with Crippen molar-refractivity contribution in [2.75, 3.05) is 62.6 Å². The van der Waals surface area contributed by atoms with Crippen LogP contribution in [0.15, 0.2) is 24.4 Å². The molecule has 9 heteroatoms. The van der Waals surface area contributed by atoms with Crippen molar-refractivity contribution in [2.45, 2.75) is 44.8 Å². The Bertz CT molecular complexity index is 1070. The van der Waals surface area contributed by atoms with Crippen LogP contribution in [0.5, 0.6) is 5.75 Å². The van der Waals surface area contributed by atoms with E-state index < -0.39 is 0 Å². The number of nitrogen functional groups attached to an aromatic ring is 1. The summed E-state index contributed by atoms with van der Waals surface area (Å²) in [5, 5.41) is 6.94. The monoisotopic (exact) mass is 482 g/mol. The Kier molecular flexibility index (Phi) is 6.98. The summed E-state index contributed by atoms with van der Waals surface area (Å²) in [7, 11) is 7.74. The van der Waals surface area contributed by atoms with Crippen molar-refractivity contribution in [1.29, 1.82) is 0 Å². The first-order chi connectivity index (χ1) is 16.6. The van der Waals surface area contributed by atoms with Crippen LogP contribution in [-0.4, -0.2) is 68.8 Å². The van der Waals surface area contributed by atoms with E-state index in [1.54, 1.807) is 13.3 Å². The SMILES string of the molecule is COc1cc(N(C)CCN(C)C)c(N)cc1Nc1cc(NC23CC(C2)C3)c(C(=O)OC(C)C)cn1. The Morgan fingerprint density at radius 3 is 2.46 bits per heavy atom. The molecule has 2 aromatic rings. The highest BCUT2D eigenvalue weighted by Gasteiger charge is 2.56. The van der Waals surface area contributed by atoms with E-state index in [-0.39, 0.29) is 17.6 Å². The molecule has 0 saturated heterocycles. The zero-order chi connectivity index (χ0) is 25.3. The number of esters is 1. The second-order valence-corrected chi connectivity index (χ2v) is 10.4. The minimum atomic E-state index is -0.375. The standard InChI is InChI=1S/C26H38N6O3/c1-16(2)35-25(33)18-15-28-24(10-20(18)30-26-12-17(13-26)14-26)29-21-9-19(27)22(11-23(21)34-6)32(5)8-7-31(3)4/h9-11,15-17H,7-8,12-14,27H2,1-6H3,(H2,28,29,30). The Balaban J connectivity index is 1.59. The van der Waals surface area contributed by atoms with Crippen molar-refractivity contribution in [3.05, 3.63) is 30.0 Å². The van der Waals surface area contributed by atoms with Crippen LogP contribution in [0.2, 0.25) is 0 Å². The van der Waals surface area contributed by atoms with E-state index in [2.05, 4.69) is 25.4 Å². The van der Waals surface area contributed by atoms with Crippen molar-refractivity contribution >= 4 is 34.5 Å². The molecule has 0 atom stereocenters. The summed E-state index contributed by atoms with van der Waals surface area (Å²) in [4.78, 5) is 21.5. The summed E-state index contributed by atoms with van der Waals surface area (Å²) < 4.78 is 11.1. The largest absolute Gasteiger partial charge is 0.494 e. The molecule has 1 aromatic heterocycles.